The zero-order chi connectivity index (χ0) is 13.8. The standard InChI is InChI=1S/C14H21NO3/c1-10-5-6-12(11(2)9-10)18-8-7-14(3,15-4)13(16)17/h5-6,9,15H,7-8H2,1-4H3,(H,16,17). The van der Waals surface area contributed by atoms with Gasteiger partial charge >= 0.3 is 5.97 Å². The summed E-state index contributed by atoms with van der Waals surface area (Å²) >= 11 is 0. The Hall–Kier alpha value is -1.55. The fourth-order valence-electron chi connectivity index (χ4n) is 1.67. The lowest BCUT2D eigenvalue weighted by Crippen LogP contribution is -2.48. The molecule has 0 aliphatic heterocycles. The van der Waals surface area contributed by atoms with Crippen LogP contribution in [0.5, 0.6) is 5.75 Å². The molecule has 4 nitrogen and oxygen atoms in total. The van der Waals surface area contributed by atoms with Crippen LogP contribution in [0.4, 0.5) is 0 Å². The summed E-state index contributed by atoms with van der Waals surface area (Å²) < 4.78 is 5.64. The second-order valence-corrected chi connectivity index (χ2v) is 4.75. The smallest absolute Gasteiger partial charge is 0.323 e. The van der Waals surface area contributed by atoms with E-state index in [-0.39, 0.29) is 0 Å². The maximum absolute atomic E-state index is 11.1. The average molecular weight is 251 g/mol. The van der Waals surface area contributed by atoms with E-state index in [4.69, 9.17) is 9.84 Å². The van der Waals surface area contributed by atoms with Crippen molar-refractivity contribution in [1.29, 1.82) is 0 Å². The van der Waals surface area contributed by atoms with Crippen molar-refractivity contribution in [2.45, 2.75) is 32.7 Å². The van der Waals surface area contributed by atoms with Gasteiger partial charge in [0.05, 0.1) is 6.61 Å². The summed E-state index contributed by atoms with van der Waals surface area (Å²) in [6, 6.07) is 5.95. The van der Waals surface area contributed by atoms with E-state index in [0.717, 1.165) is 11.3 Å². The largest absolute Gasteiger partial charge is 0.493 e. The Bertz CT molecular complexity index is 431. The molecule has 1 rings (SSSR count). The van der Waals surface area contributed by atoms with E-state index in [0.29, 0.717) is 13.0 Å². The van der Waals surface area contributed by atoms with E-state index in [2.05, 4.69) is 5.32 Å². The van der Waals surface area contributed by atoms with Crippen molar-refractivity contribution >= 4 is 5.97 Å². The third-order valence-electron chi connectivity index (χ3n) is 3.21. The lowest BCUT2D eigenvalue weighted by Gasteiger charge is -2.24. The Morgan fingerprint density at radius 3 is 2.61 bits per heavy atom. The van der Waals surface area contributed by atoms with Gasteiger partial charge in [0, 0.05) is 6.42 Å². The van der Waals surface area contributed by atoms with E-state index in [1.807, 2.05) is 32.0 Å². The second-order valence-electron chi connectivity index (χ2n) is 4.75. The molecule has 0 saturated heterocycles. The molecule has 1 atom stereocenters. The molecule has 0 radical (unpaired) electrons. The van der Waals surface area contributed by atoms with Crippen LogP contribution in [0.15, 0.2) is 18.2 Å². The Morgan fingerprint density at radius 1 is 1.44 bits per heavy atom. The fraction of sp³-hybridized carbons (Fsp3) is 0.500. The Labute approximate surface area is 108 Å². The van der Waals surface area contributed by atoms with Gasteiger partial charge in [0.15, 0.2) is 0 Å². The number of aliphatic carboxylic acids is 1. The first kappa shape index (κ1) is 14.5. The lowest BCUT2D eigenvalue weighted by atomic mass is 9.99. The molecule has 0 spiro atoms. The van der Waals surface area contributed by atoms with E-state index < -0.39 is 11.5 Å². The van der Waals surface area contributed by atoms with E-state index >= 15 is 0 Å². The van der Waals surface area contributed by atoms with Crippen LogP contribution in [-0.4, -0.2) is 30.3 Å². The molecule has 0 heterocycles. The third-order valence-corrected chi connectivity index (χ3v) is 3.21. The van der Waals surface area contributed by atoms with Gasteiger partial charge in [0.2, 0.25) is 0 Å². The van der Waals surface area contributed by atoms with Gasteiger partial charge in [-0.25, -0.2) is 0 Å². The molecule has 100 valence electrons. The molecular formula is C14H21NO3. The monoisotopic (exact) mass is 251 g/mol. The predicted molar refractivity (Wildman–Crippen MR) is 71.1 cm³/mol. The third kappa shape index (κ3) is 3.47. The summed E-state index contributed by atoms with van der Waals surface area (Å²) in [6.45, 7) is 6.03. The molecule has 0 aliphatic rings. The number of aryl methyl sites for hydroxylation is 2. The number of likely N-dealkylation sites (N-methyl/N-ethyl adjacent to an activating group) is 1. The maximum Gasteiger partial charge on any atom is 0.323 e. The SMILES string of the molecule is CNC(C)(CCOc1ccc(C)cc1C)C(=O)O. The molecule has 0 fully saturated rings. The molecule has 1 aromatic carbocycles. The van der Waals surface area contributed by atoms with Gasteiger partial charge in [-0.2, -0.15) is 0 Å². The van der Waals surface area contributed by atoms with E-state index in [1.54, 1.807) is 14.0 Å². The van der Waals surface area contributed by atoms with Crippen LogP contribution in [0.3, 0.4) is 0 Å². The van der Waals surface area contributed by atoms with E-state index in [1.165, 1.54) is 5.56 Å². The topological polar surface area (TPSA) is 58.6 Å². The predicted octanol–water partition coefficient (Wildman–Crippen LogP) is 2.14. The number of benzene rings is 1. The zero-order valence-electron chi connectivity index (χ0n) is 11.4. The van der Waals surface area contributed by atoms with Gasteiger partial charge in [-0.15, -0.1) is 0 Å². The minimum Gasteiger partial charge on any atom is -0.493 e. The number of hydrogen-bond donors (Lipinski definition) is 2. The number of carbonyl (C=O) groups is 1. The van der Waals surface area contributed by atoms with E-state index in [9.17, 15) is 4.79 Å². The van der Waals surface area contributed by atoms with Crippen molar-refractivity contribution in [1.82, 2.24) is 5.32 Å². The molecule has 0 amide bonds. The van der Waals surface area contributed by atoms with Crippen molar-refractivity contribution < 1.29 is 14.6 Å². The second kappa shape index (κ2) is 5.87. The molecule has 0 bridgehead atoms. The van der Waals surface area contributed by atoms with Crippen molar-refractivity contribution in [3.05, 3.63) is 29.3 Å². The number of ether oxygens (including phenoxy) is 1. The highest BCUT2D eigenvalue weighted by atomic mass is 16.5. The molecule has 1 aromatic rings. The summed E-state index contributed by atoms with van der Waals surface area (Å²) in [7, 11) is 1.64. The van der Waals surface area contributed by atoms with Gasteiger partial charge in [0.25, 0.3) is 0 Å². The highest BCUT2D eigenvalue weighted by Crippen LogP contribution is 2.20. The van der Waals surface area contributed by atoms with Crippen molar-refractivity contribution in [2.75, 3.05) is 13.7 Å². The summed E-state index contributed by atoms with van der Waals surface area (Å²) in [4.78, 5) is 11.1. The van der Waals surface area contributed by atoms with Gasteiger partial charge in [0.1, 0.15) is 11.3 Å². The Morgan fingerprint density at radius 2 is 2.11 bits per heavy atom. The molecule has 0 aromatic heterocycles. The summed E-state index contributed by atoms with van der Waals surface area (Å²) in [6.07, 6.45) is 0.409. The van der Waals surface area contributed by atoms with Crippen LogP contribution in [0.1, 0.15) is 24.5 Å². The van der Waals surface area contributed by atoms with Crippen LogP contribution >= 0.6 is 0 Å². The first-order valence-corrected chi connectivity index (χ1v) is 6.01. The molecule has 0 aliphatic carbocycles. The van der Waals surface area contributed by atoms with Crippen LogP contribution in [0.2, 0.25) is 0 Å². The number of carboxylic acid groups (broad SMARTS) is 1. The molecule has 1 unspecified atom stereocenters. The van der Waals surface area contributed by atoms with Crippen molar-refractivity contribution in [3.63, 3.8) is 0 Å². The molecule has 0 saturated carbocycles. The minimum absolute atomic E-state index is 0.369. The summed E-state index contributed by atoms with van der Waals surface area (Å²) in [5.74, 6) is -0.0568. The van der Waals surface area contributed by atoms with Crippen LogP contribution < -0.4 is 10.1 Å². The molecular weight excluding hydrogens is 230 g/mol. The normalized spacial score (nSPS) is 14.0. The zero-order valence-corrected chi connectivity index (χ0v) is 11.4. The van der Waals surface area contributed by atoms with Crippen LogP contribution in [-0.2, 0) is 4.79 Å². The van der Waals surface area contributed by atoms with Crippen LogP contribution in [0.25, 0.3) is 0 Å². The number of nitrogens with one attached hydrogen (secondary N) is 1. The van der Waals surface area contributed by atoms with Crippen LogP contribution in [0, 0.1) is 13.8 Å². The maximum atomic E-state index is 11.1. The Balaban J connectivity index is 2.58. The Kier molecular flexibility index (Phi) is 4.73. The first-order chi connectivity index (χ1) is 8.39. The first-order valence-electron chi connectivity index (χ1n) is 6.01. The van der Waals surface area contributed by atoms with Gasteiger partial charge in [-0.3, -0.25) is 4.79 Å². The molecule has 4 heteroatoms. The number of hydrogen-bond acceptors (Lipinski definition) is 3. The van der Waals surface area contributed by atoms with Crippen molar-refractivity contribution in [3.8, 4) is 5.75 Å². The number of rotatable bonds is 6. The summed E-state index contributed by atoms with van der Waals surface area (Å²) in [5.41, 5.74) is 1.31. The highest BCUT2D eigenvalue weighted by molar-refractivity contribution is 5.78. The lowest BCUT2D eigenvalue weighted by molar-refractivity contribution is -0.144. The minimum atomic E-state index is -0.946. The number of carboxylic acids is 1. The van der Waals surface area contributed by atoms with Crippen molar-refractivity contribution in [2.24, 2.45) is 0 Å². The molecule has 18 heavy (non-hydrogen) atoms. The summed E-state index contributed by atoms with van der Waals surface area (Å²) in [5, 5.41) is 11.9. The quantitative estimate of drug-likeness (QED) is 0.813. The van der Waals surface area contributed by atoms with Gasteiger partial charge in [-0.1, -0.05) is 17.7 Å². The van der Waals surface area contributed by atoms with Gasteiger partial charge in [-0.05, 0) is 39.4 Å². The highest BCUT2D eigenvalue weighted by Gasteiger charge is 2.30. The fourth-order valence-corrected chi connectivity index (χ4v) is 1.67. The average Bonchev–Trinajstić information content (AvgIpc) is 2.31. The molecule has 2 N–H and O–H groups in total. The van der Waals surface area contributed by atoms with Gasteiger partial charge < -0.3 is 15.2 Å².